The van der Waals surface area contributed by atoms with Crippen LogP contribution in [0, 0.1) is 27.9 Å². The molecule has 1 amide bonds. The zero-order valence-corrected chi connectivity index (χ0v) is 17.4. The van der Waals surface area contributed by atoms with Gasteiger partial charge in [0.2, 0.25) is 0 Å². The number of benzene rings is 2. The van der Waals surface area contributed by atoms with Gasteiger partial charge in [0, 0.05) is 9.26 Å². The van der Waals surface area contributed by atoms with Crippen LogP contribution >= 0.6 is 22.6 Å². The lowest BCUT2D eigenvalue weighted by Gasteiger charge is -2.16. The highest BCUT2D eigenvalue weighted by Crippen LogP contribution is 2.30. The van der Waals surface area contributed by atoms with Crippen molar-refractivity contribution in [1.29, 1.82) is 0 Å². The lowest BCUT2D eigenvalue weighted by atomic mass is 10.1. The van der Waals surface area contributed by atoms with E-state index < -0.39 is 40.7 Å². The standard InChI is InChI=1S/C19H20F3IN2O3/c1-3-12(26)6-7-28-25-19(27)13-9-14(20)16(21)17(22)18(13)24-15-5-4-11(23)8-10(15)2/h4-5,8-9,12,24,26H,3,6-7H2,1-2H3,(H,25,27). The monoisotopic (exact) mass is 508 g/mol. The fraction of sp³-hybridized carbons (Fsp3) is 0.316. The van der Waals surface area contributed by atoms with Crippen molar-refractivity contribution in [2.24, 2.45) is 0 Å². The number of nitrogens with one attached hydrogen (secondary N) is 2. The van der Waals surface area contributed by atoms with Gasteiger partial charge in [-0.3, -0.25) is 9.63 Å². The minimum atomic E-state index is -1.69. The molecule has 0 aliphatic rings. The number of amides is 1. The second-order valence-electron chi connectivity index (χ2n) is 6.12. The van der Waals surface area contributed by atoms with E-state index in [0.717, 1.165) is 9.13 Å². The number of hydrogen-bond acceptors (Lipinski definition) is 4. The molecule has 0 fully saturated rings. The van der Waals surface area contributed by atoms with Crippen molar-refractivity contribution in [3.63, 3.8) is 0 Å². The molecule has 2 rings (SSSR count). The first kappa shape index (κ1) is 22.4. The number of hydroxylamine groups is 1. The average Bonchev–Trinajstić information content (AvgIpc) is 2.66. The fourth-order valence-corrected chi connectivity index (χ4v) is 3.02. The molecule has 0 heterocycles. The summed E-state index contributed by atoms with van der Waals surface area (Å²) < 4.78 is 42.8. The molecular formula is C19H20F3IN2O3. The van der Waals surface area contributed by atoms with Crippen LogP contribution in [0.3, 0.4) is 0 Å². The molecule has 2 aromatic rings. The minimum Gasteiger partial charge on any atom is -0.393 e. The van der Waals surface area contributed by atoms with Gasteiger partial charge in [-0.05, 0) is 72.2 Å². The van der Waals surface area contributed by atoms with Gasteiger partial charge in [0.1, 0.15) is 0 Å². The van der Waals surface area contributed by atoms with Crippen molar-refractivity contribution in [3.05, 3.63) is 56.4 Å². The molecule has 1 unspecified atom stereocenters. The number of rotatable bonds is 8. The maximum atomic E-state index is 14.4. The van der Waals surface area contributed by atoms with Gasteiger partial charge in [-0.1, -0.05) is 6.92 Å². The summed E-state index contributed by atoms with van der Waals surface area (Å²) in [7, 11) is 0. The van der Waals surface area contributed by atoms with Gasteiger partial charge in [-0.25, -0.2) is 18.7 Å². The number of anilines is 2. The van der Waals surface area contributed by atoms with Crippen LogP contribution in [0.4, 0.5) is 24.5 Å². The normalized spacial score (nSPS) is 12.0. The molecule has 9 heteroatoms. The Morgan fingerprint density at radius 3 is 2.61 bits per heavy atom. The third-order valence-electron chi connectivity index (χ3n) is 4.04. The summed E-state index contributed by atoms with van der Waals surface area (Å²) in [5.74, 6) is -5.64. The van der Waals surface area contributed by atoms with Gasteiger partial charge in [0.15, 0.2) is 17.5 Å². The van der Waals surface area contributed by atoms with Crippen LogP contribution in [0.5, 0.6) is 0 Å². The zero-order chi connectivity index (χ0) is 20.8. The van der Waals surface area contributed by atoms with Crippen LogP contribution in [-0.4, -0.2) is 23.7 Å². The van der Waals surface area contributed by atoms with Gasteiger partial charge in [0.05, 0.1) is 24.0 Å². The van der Waals surface area contributed by atoms with Crippen LogP contribution in [0.25, 0.3) is 0 Å². The number of hydrogen-bond donors (Lipinski definition) is 3. The van der Waals surface area contributed by atoms with E-state index in [2.05, 4.69) is 33.4 Å². The molecular weight excluding hydrogens is 488 g/mol. The van der Waals surface area contributed by atoms with E-state index in [1.807, 2.05) is 6.07 Å². The van der Waals surface area contributed by atoms with Gasteiger partial charge in [-0.2, -0.15) is 0 Å². The Kier molecular flexibility index (Phi) is 8.08. The van der Waals surface area contributed by atoms with Gasteiger partial charge in [0.25, 0.3) is 5.91 Å². The molecule has 1 atom stereocenters. The van der Waals surface area contributed by atoms with Crippen LogP contribution in [0.15, 0.2) is 24.3 Å². The fourth-order valence-electron chi connectivity index (χ4n) is 2.37. The molecule has 0 saturated heterocycles. The Balaban J connectivity index is 2.26. The largest absolute Gasteiger partial charge is 0.393 e. The average molecular weight is 508 g/mol. The quantitative estimate of drug-likeness (QED) is 0.211. The smallest absolute Gasteiger partial charge is 0.277 e. The van der Waals surface area contributed by atoms with Crippen molar-refractivity contribution in [1.82, 2.24) is 5.48 Å². The molecule has 2 aromatic carbocycles. The first-order valence-corrected chi connectivity index (χ1v) is 9.63. The molecule has 0 aromatic heterocycles. The van der Waals surface area contributed by atoms with Gasteiger partial charge < -0.3 is 10.4 Å². The van der Waals surface area contributed by atoms with Crippen molar-refractivity contribution in [2.45, 2.75) is 32.8 Å². The molecule has 5 nitrogen and oxygen atoms in total. The highest BCUT2D eigenvalue weighted by atomic mass is 127. The number of carbonyl (C=O) groups excluding carboxylic acids is 1. The first-order chi connectivity index (χ1) is 13.2. The van der Waals surface area contributed by atoms with E-state index in [1.165, 1.54) is 0 Å². The third kappa shape index (κ3) is 5.58. The van der Waals surface area contributed by atoms with Gasteiger partial charge in [-0.15, -0.1) is 0 Å². The third-order valence-corrected chi connectivity index (χ3v) is 4.72. The van der Waals surface area contributed by atoms with E-state index in [1.54, 1.807) is 26.0 Å². The molecule has 0 saturated carbocycles. The summed E-state index contributed by atoms with van der Waals surface area (Å²) in [5, 5.41) is 12.1. The Morgan fingerprint density at radius 2 is 1.96 bits per heavy atom. The molecule has 0 aliphatic heterocycles. The first-order valence-electron chi connectivity index (χ1n) is 8.55. The number of aryl methyl sites for hydroxylation is 1. The van der Waals surface area contributed by atoms with Crippen LogP contribution < -0.4 is 10.8 Å². The molecule has 3 N–H and O–H groups in total. The summed E-state index contributed by atoms with van der Waals surface area (Å²) in [5.41, 5.74) is 2.27. The molecule has 28 heavy (non-hydrogen) atoms. The number of halogens is 4. The minimum absolute atomic E-state index is 0.00585. The lowest BCUT2D eigenvalue weighted by molar-refractivity contribution is 0.0161. The topological polar surface area (TPSA) is 70.6 Å². The summed E-state index contributed by atoms with van der Waals surface area (Å²) in [6.07, 6.45) is 0.212. The van der Waals surface area contributed by atoms with Crippen molar-refractivity contribution < 1.29 is 27.9 Å². The Bertz CT molecular complexity index is 865. The van der Waals surface area contributed by atoms with Gasteiger partial charge >= 0.3 is 0 Å². The number of carbonyl (C=O) groups is 1. The second kappa shape index (κ2) is 10.1. The molecule has 152 valence electrons. The lowest BCUT2D eigenvalue weighted by Crippen LogP contribution is -2.27. The number of aliphatic hydroxyl groups is 1. The maximum absolute atomic E-state index is 14.4. The van der Waals surface area contributed by atoms with E-state index in [0.29, 0.717) is 18.2 Å². The summed E-state index contributed by atoms with van der Waals surface area (Å²) in [4.78, 5) is 17.3. The SMILES string of the molecule is CCC(O)CCONC(=O)c1cc(F)c(F)c(F)c1Nc1ccc(I)cc1C. The number of aliphatic hydroxyl groups excluding tert-OH is 1. The molecule has 0 spiro atoms. The molecule has 0 radical (unpaired) electrons. The van der Waals surface area contributed by atoms with Crippen molar-refractivity contribution in [2.75, 3.05) is 11.9 Å². The Morgan fingerprint density at radius 1 is 1.25 bits per heavy atom. The summed E-state index contributed by atoms with van der Waals surface area (Å²) in [6.45, 7) is 3.55. The van der Waals surface area contributed by atoms with E-state index in [4.69, 9.17) is 4.84 Å². The maximum Gasteiger partial charge on any atom is 0.277 e. The summed E-state index contributed by atoms with van der Waals surface area (Å²) >= 11 is 2.10. The van der Waals surface area contributed by atoms with E-state index in [9.17, 15) is 23.1 Å². The predicted octanol–water partition coefficient (Wildman–Crippen LogP) is 4.58. The van der Waals surface area contributed by atoms with Crippen LogP contribution in [-0.2, 0) is 4.84 Å². The molecule has 0 aliphatic carbocycles. The van der Waals surface area contributed by atoms with Crippen molar-refractivity contribution in [3.8, 4) is 0 Å². The second-order valence-corrected chi connectivity index (χ2v) is 7.37. The summed E-state index contributed by atoms with van der Waals surface area (Å²) in [6, 6.07) is 5.79. The van der Waals surface area contributed by atoms with E-state index >= 15 is 0 Å². The zero-order valence-electron chi connectivity index (χ0n) is 15.3. The van der Waals surface area contributed by atoms with Crippen LogP contribution in [0.1, 0.15) is 35.7 Å². The highest BCUT2D eigenvalue weighted by molar-refractivity contribution is 14.1. The predicted molar refractivity (Wildman–Crippen MR) is 108 cm³/mol. The van der Waals surface area contributed by atoms with Crippen molar-refractivity contribution >= 4 is 39.9 Å². The van der Waals surface area contributed by atoms with E-state index in [-0.39, 0.29) is 13.0 Å². The van der Waals surface area contributed by atoms with Crippen LogP contribution in [0.2, 0.25) is 0 Å². The molecule has 0 bridgehead atoms. The Hall–Kier alpha value is -1.85. The highest BCUT2D eigenvalue weighted by Gasteiger charge is 2.23. The Labute approximate surface area is 174 Å².